The van der Waals surface area contributed by atoms with E-state index in [1.54, 1.807) is 12.3 Å². The van der Waals surface area contributed by atoms with Crippen molar-refractivity contribution in [1.29, 1.82) is 0 Å². The van der Waals surface area contributed by atoms with Crippen LogP contribution >= 0.6 is 0 Å². The molecule has 1 N–H and O–H groups in total. The lowest BCUT2D eigenvalue weighted by Gasteiger charge is -2.09. The second kappa shape index (κ2) is 5.14. The maximum atomic E-state index is 12.1. The normalized spacial score (nSPS) is 13.6. The molecule has 0 aliphatic carbocycles. The summed E-state index contributed by atoms with van der Waals surface area (Å²) in [6.07, 6.45) is 2.21. The van der Waals surface area contributed by atoms with Crippen molar-refractivity contribution in [1.82, 2.24) is 9.47 Å². The van der Waals surface area contributed by atoms with Gasteiger partial charge in [-0.05, 0) is 30.5 Å². The van der Waals surface area contributed by atoms with Crippen LogP contribution in [0.15, 0.2) is 36.5 Å². The van der Waals surface area contributed by atoms with Gasteiger partial charge in [-0.3, -0.25) is 14.2 Å². The van der Waals surface area contributed by atoms with E-state index in [-0.39, 0.29) is 5.69 Å². The maximum absolute atomic E-state index is 12.1. The monoisotopic (exact) mass is 298 g/mol. The number of hydrogen-bond acceptors (Lipinski definition) is 3. The van der Waals surface area contributed by atoms with E-state index in [0.29, 0.717) is 6.42 Å². The molecule has 1 aliphatic rings. The quantitative estimate of drug-likeness (QED) is 0.935. The molecule has 6 heteroatoms. The number of benzene rings is 1. The van der Waals surface area contributed by atoms with E-state index in [1.165, 1.54) is 4.57 Å². The van der Waals surface area contributed by atoms with Crippen LogP contribution in [0.4, 0.5) is 4.79 Å². The van der Waals surface area contributed by atoms with E-state index in [2.05, 4.69) is 0 Å². The fraction of sp³-hybridized carbons (Fsp3) is 0.188. The zero-order valence-electron chi connectivity index (χ0n) is 11.9. The molecule has 0 atom stereocenters. The topological polar surface area (TPSA) is 79.6 Å². The standard InChI is InChI=1S/C16H14N2O4/c1-10-2-4-11(5-3-10)6-12-7-13-15(21)18(9-14(19)20)16(22)17(13)8-12/h2-5,7-8H,6,9H2,1H3,(H,19,20). The molecule has 1 aromatic carbocycles. The number of rotatable bonds is 4. The van der Waals surface area contributed by atoms with Crippen LogP contribution in [0.3, 0.4) is 0 Å². The second-order valence-corrected chi connectivity index (χ2v) is 5.33. The molecule has 1 aliphatic heterocycles. The number of fused-ring (bicyclic) bond motifs is 1. The fourth-order valence-corrected chi connectivity index (χ4v) is 2.51. The Labute approximate surface area is 126 Å². The van der Waals surface area contributed by atoms with E-state index in [4.69, 9.17) is 5.11 Å². The number of amides is 2. The van der Waals surface area contributed by atoms with Crippen molar-refractivity contribution < 1.29 is 19.5 Å². The molecule has 2 aromatic rings. The Morgan fingerprint density at radius 2 is 1.82 bits per heavy atom. The highest BCUT2D eigenvalue weighted by Gasteiger charge is 2.37. The molecule has 0 bridgehead atoms. The molecule has 0 saturated heterocycles. The molecule has 0 radical (unpaired) electrons. The van der Waals surface area contributed by atoms with Gasteiger partial charge in [0.05, 0.1) is 0 Å². The van der Waals surface area contributed by atoms with Gasteiger partial charge in [0.15, 0.2) is 0 Å². The molecule has 6 nitrogen and oxygen atoms in total. The first kappa shape index (κ1) is 14.1. The molecular weight excluding hydrogens is 284 g/mol. The van der Waals surface area contributed by atoms with Crippen LogP contribution in [0.1, 0.15) is 27.2 Å². The van der Waals surface area contributed by atoms with Crippen molar-refractivity contribution in [3.63, 3.8) is 0 Å². The Kier molecular flexibility index (Phi) is 3.29. The first-order chi connectivity index (χ1) is 10.5. The third-order valence-electron chi connectivity index (χ3n) is 3.60. The minimum Gasteiger partial charge on any atom is -0.480 e. The van der Waals surface area contributed by atoms with Crippen molar-refractivity contribution in [3.05, 3.63) is 58.9 Å². The number of imide groups is 1. The number of aryl methyl sites for hydroxylation is 1. The summed E-state index contributed by atoms with van der Waals surface area (Å²) in [6, 6.07) is 9.03. The van der Waals surface area contributed by atoms with Gasteiger partial charge in [0, 0.05) is 6.20 Å². The summed E-state index contributed by atoms with van der Waals surface area (Å²) in [4.78, 5) is 35.6. The zero-order chi connectivity index (χ0) is 15.9. The molecule has 1 aromatic heterocycles. The Morgan fingerprint density at radius 1 is 1.14 bits per heavy atom. The van der Waals surface area contributed by atoms with Crippen LogP contribution < -0.4 is 0 Å². The molecule has 112 valence electrons. The van der Waals surface area contributed by atoms with E-state index in [9.17, 15) is 14.4 Å². The molecule has 2 heterocycles. The van der Waals surface area contributed by atoms with Gasteiger partial charge < -0.3 is 5.11 Å². The zero-order valence-corrected chi connectivity index (χ0v) is 11.9. The van der Waals surface area contributed by atoms with Crippen molar-refractivity contribution in [2.24, 2.45) is 0 Å². The number of carbonyl (C=O) groups is 3. The van der Waals surface area contributed by atoms with Gasteiger partial charge >= 0.3 is 12.0 Å². The maximum Gasteiger partial charge on any atom is 0.336 e. The van der Waals surface area contributed by atoms with E-state index < -0.39 is 24.5 Å². The van der Waals surface area contributed by atoms with Crippen LogP contribution in [0.25, 0.3) is 0 Å². The first-order valence-corrected chi connectivity index (χ1v) is 6.80. The number of nitrogens with zero attached hydrogens (tertiary/aromatic N) is 2. The molecule has 2 amide bonds. The first-order valence-electron chi connectivity index (χ1n) is 6.80. The lowest BCUT2D eigenvalue weighted by molar-refractivity contribution is -0.137. The van der Waals surface area contributed by atoms with Gasteiger partial charge in [0.25, 0.3) is 5.91 Å². The Morgan fingerprint density at radius 3 is 2.41 bits per heavy atom. The van der Waals surface area contributed by atoms with Crippen molar-refractivity contribution in [2.75, 3.05) is 6.54 Å². The Balaban J connectivity index is 1.83. The summed E-state index contributed by atoms with van der Waals surface area (Å²) < 4.78 is 1.22. The Bertz CT molecular complexity index is 740. The van der Waals surface area contributed by atoms with Crippen LogP contribution in [-0.4, -0.2) is 39.0 Å². The number of hydrogen-bond donors (Lipinski definition) is 1. The van der Waals surface area contributed by atoms with Crippen molar-refractivity contribution in [3.8, 4) is 0 Å². The molecule has 0 saturated carbocycles. The summed E-state index contributed by atoms with van der Waals surface area (Å²) in [5.74, 6) is -1.78. The number of aromatic nitrogens is 1. The van der Waals surface area contributed by atoms with Crippen LogP contribution in [0.2, 0.25) is 0 Å². The smallest absolute Gasteiger partial charge is 0.336 e. The minimum absolute atomic E-state index is 0.216. The van der Waals surface area contributed by atoms with Crippen molar-refractivity contribution in [2.45, 2.75) is 13.3 Å². The number of aliphatic carboxylic acids is 1. The summed E-state index contributed by atoms with van der Waals surface area (Å²) in [5.41, 5.74) is 3.30. The second-order valence-electron chi connectivity index (χ2n) is 5.33. The van der Waals surface area contributed by atoms with E-state index in [0.717, 1.165) is 21.6 Å². The molecule has 22 heavy (non-hydrogen) atoms. The number of carboxylic acids is 1. The summed E-state index contributed by atoms with van der Waals surface area (Å²) in [5, 5.41) is 8.74. The SMILES string of the molecule is Cc1ccc(Cc2cc3n(c2)C(=O)N(CC(=O)O)C3=O)cc1. The molecule has 0 unspecified atom stereocenters. The summed E-state index contributed by atoms with van der Waals surface area (Å²) in [7, 11) is 0. The Hall–Kier alpha value is -2.89. The summed E-state index contributed by atoms with van der Waals surface area (Å²) >= 11 is 0. The van der Waals surface area contributed by atoms with Gasteiger partial charge in [0.2, 0.25) is 0 Å². The highest BCUT2D eigenvalue weighted by atomic mass is 16.4. The van der Waals surface area contributed by atoms with Gasteiger partial charge in [-0.1, -0.05) is 29.8 Å². The third kappa shape index (κ3) is 2.39. The lowest BCUT2D eigenvalue weighted by Crippen LogP contribution is -2.35. The molecule has 3 rings (SSSR count). The average molecular weight is 298 g/mol. The van der Waals surface area contributed by atoms with Gasteiger partial charge in [0.1, 0.15) is 12.2 Å². The van der Waals surface area contributed by atoms with E-state index >= 15 is 0 Å². The highest BCUT2D eigenvalue weighted by molar-refractivity contribution is 6.12. The molecule has 0 fully saturated rings. The van der Waals surface area contributed by atoms with Gasteiger partial charge in [-0.25, -0.2) is 9.69 Å². The molecular formula is C16H14N2O4. The summed E-state index contributed by atoms with van der Waals surface area (Å²) in [6.45, 7) is 1.39. The van der Waals surface area contributed by atoms with Gasteiger partial charge in [-0.15, -0.1) is 0 Å². The third-order valence-corrected chi connectivity index (χ3v) is 3.60. The minimum atomic E-state index is -1.22. The largest absolute Gasteiger partial charge is 0.480 e. The van der Waals surface area contributed by atoms with Crippen LogP contribution in [0.5, 0.6) is 0 Å². The predicted octanol–water partition coefficient (Wildman–Crippen LogP) is 1.90. The van der Waals surface area contributed by atoms with Crippen molar-refractivity contribution >= 4 is 17.9 Å². The van der Waals surface area contributed by atoms with Crippen LogP contribution in [-0.2, 0) is 11.2 Å². The van der Waals surface area contributed by atoms with Gasteiger partial charge in [-0.2, -0.15) is 0 Å². The van der Waals surface area contributed by atoms with Crippen LogP contribution in [0, 0.1) is 6.92 Å². The van der Waals surface area contributed by atoms with E-state index in [1.807, 2.05) is 31.2 Å². The number of carbonyl (C=O) groups excluding carboxylic acids is 2. The average Bonchev–Trinajstić information content (AvgIpc) is 2.97. The highest BCUT2D eigenvalue weighted by Crippen LogP contribution is 2.21. The lowest BCUT2D eigenvalue weighted by atomic mass is 10.1. The number of carboxylic acid groups (broad SMARTS) is 1. The molecule has 0 spiro atoms. The predicted molar refractivity (Wildman–Crippen MR) is 77.9 cm³/mol. The fourth-order valence-electron chi connectivity index (χ4n) is 2.51.